The van der Waals surface area contributed by atoms with Crippen molar-refractivity contribution in [3.05, 3.63) is 33.7 Å². The third-order valence-corrected chi connectivity index (χ3v) is 6.43. The van der Waals surface area contributed by atoms with E-state index in [2.05, 4.69) is 9.97 Å². The molecule has 0 aliphatic carbocycles. The number of rotatable bonds is 5. The zero-order valence-electron chi connectivity index (χ0n) is 17.0. The number of aromatic nitrogens is 4. The van der Waals surface area contributed by atoms with Gasteiger partial charge in [0.15, 0.2) is 17.2 Å². The first kappa shape index (κ1) is 20.3. The first-order chi connectivity index (χ1) is 14.4. The number of thiophene rings is 1. The average Bonchev–Trinajstić information content (AvgIpc) is 3.35. The van der Waals surface area contributed by atoms with Gasteiger partial charge in [-0.3, -0.25) is 18.7 Å². The first-order valence-electron chi connectivity index (χ1n) is 10.1. The van der Waals surface area contributed by atoms with Gasteiger partial charge in [-0.25, -0.2) is 14.8 Å². The van der Waals surface area contributed by atoms with Crippen LogP contribution in [-0.2, 0) is 17.9 Å². The predicted molar refractivity (Wildman–Crippen MR) is 114 cm³/mol. The molecule has 1 aliphatic heterocycles. The van der Waals surface area contributed by atoms with Crippen molar-refractivity contribution >= 4 is 34.3 Å². The van der Waals surface area contributed by atoms with Gasteiger partial charge in [0.2, 0.25) is 5.91 Å². The summed E-state index contributed by atoms with van der Waals surface area (Å²) in [6.45, 7) is 4.67. The van der Waals surface area contributed by atoms with Gasteiger partial charge >= 0.3 is 5.69 Å². The lowest BCUT2D eigenvalue weighted by Gasteiger charge is -2.33. The monoisotopic (exact) mass is 428 g/mol. The molecule has 2 N–H and O–H groups in total. The van der Waals surface area contributed by atoms with Gasteiger partial charge < -0.3 is 10.6 Å². The lowest BCUT2D eigenvalue weighted by Crippen LogP contribution is -2.44. The van der Waals surface area contributed by atoms with Gasteiger partial charge in [0, 0.05) is 19.1 Å². The Morgan fingerprint density at radius 1 is 1.27 bits per heavy atom. The smallest absolute Gasteiger partial charge is 0.330 e. The zero-order chi connectivity index (χ0) is 21.4. The van der Waals surface area contributed by atoms with Crippen LogP contribution in [0, 0.1) is 0 Å². The molecule has 1 atom stereocenters. The summed E-state index contributed by atoms with van der Waals surface area (Å²) in [5.74, 6) is -0.583. The first-order valence-corrected chi connectivity index (χ1v) is 10.9. The molecule has 9 nitrogen and oxygen atoms in total. The number of carbonyl (C=O) groups excluding carboxylic acids is 2. The van der Waals surface area contributed by atoms with Crippen molar-refractivity contribution in [2.24, 2.45) is 5.73 Å². The maximum atomic E-state index is 13.1. The van der Waals surface area contributed by atoms with Gasteiger partial charge in [0.25, 0.3) is 5.91 Å². The summed E-state index contributed by atoms with van der Waals surface area (Å²) >= 11 is 1.43. The largest absolute Gasteiger partial charge is 0.364 e. The van der Waals surface area contributed by atoms with E-state index in [1.165, 1.54) is 20.5 Å². The molecule has 1 fully saturated rings. The number of piperidine rings is 1. The minimum absolute atomic E-state index is 0.0489. The Morgan fingerprint density at radius 2 is 2.07 bits per heavy atom. The maximum absolute atomic E-state index is 13.1. The molecule has 2 amide bonds. The Morgan fingerprint density at radius 3 is 2.70 bits per heavy atom. The highest BCUT2D eigenvalue weighted by atomic mass is 32.1. The van der Waals surface area contributed by atoms with E-state index in [0.717, 1.165) is 24.1 Å². The average molecular weight is 429 g/mol. The highest BCUT2D eigenvalue weighted by Crippen LogP contribution is 2.25. The van der Waals surface area contributed by atoms with Gasteiger partial charge in [0.05, 0.1) is 4.88 Å². The second-order valence-corrected chi connectivity index (χ2v) is 8.40. The van der Waals surface area contributed by atoms with Crippen LogP contribution in [0.15, 0.2) is 22.3 Å². The quantitative estimate of drug-likeness (QED) is 0.666. The highest BCUT2D eigenvalue weighted by Gasteiger charge is 2.28. The molecule has 30 heavy (non-hydrogen) atoms. The number of primary amides is 1. The fourth-order valence-electron chi connectivity index (χ4n) is 4.03. The number of nitrogens with zero attached hydrogens (tertiary/aromatic N) is 5. The SMILES string of the molecule is CCn1c(=O)n(CC(=O)N2CCCC[C@@H]2C)c2c(C(N)=O)nc(-c3cccs3)nc21. The van der Waals surface area contributed by atoms with E-state index in [4.69, 9.17) is 5.73 Å². The number of fused-ring (bicyclic) bond motifs is 1. The zero-order valence-corrected chi connectivity index (χ0v) is 17.8. The van der Waals surface area contributed by atoms with E-state index in [9.17, 15) is 14.4 Å². The molecule has 10 heteroatoms. The summed E-state index contributed by atoms with van der Waals surface area (Å²) in [7, 11) is 0. The third-order valence-electron chi connectivity index (χ3n) is 5.56. The molecule has 0 aromatic carbocycles. The molecule has 0 radical (unpaired) electrons. The molecule has 0 saturated carbocycles. The molecule has 4 rings (SSSR count). The van der Waals surface area contributed by atoms with Crippen LogP contribution in [0.2, 0.25) is 0 Å². The standard InChI is InChI=1S/C20H24N6O3S/c1-3-24-19-16(15(17(21)28)22-18(23-19)13-8-6-10-30-13)26(20(24)29)11-14(27)25-9-5-4-7-12(25)2/h6,8,10,12H,3-5,7,9,11H2,1-2H3,(H2,21,28)/t12-/m0/s1. The van der Waals surface area contributed by atoms with Crippen molar-refractivity contribution < 1.29 is 9.59 Å². The molecule has 0 spiro atoms. The van der Waals surface area contributed by atoms with Gasteiger partial charge in [-0.1, -0.05) is 6.07 Å². The molecule has 0 unspecified atom stereocenters. The topological polar surface area (TPSA) is 116 Å². The van der Waals surface area contributed by atoms with Crippen LogP contribution < -0.4 is 11.4 Å². The van der Waals surface area contributed by atoms with Crippen LogP contribution in [0.3, 0.4) is 0 Å². The van der Waals surface area contributed by atoms with Crippen molar-refractivity contribution in [3.8, 4) is 10.7 Å². The lowest BCUT2D eigenvalue weighted by molar-refractivity contribution is -0.135. The molecular weight excluding hydrogens is 404 g/mol. The number of carbonyl (C=O) groups is 2. The summed E-state index contributed by atoms with van der Waals surface area (Å²) in [5.41, 5.74) is 5.70. The minimum Gasteiger partial charge on any atom is -0.364 e. The third kappa shape index (κ3) is 3.41. The normalized spacial score (nSPS) is 16.9. The summed E-state index contributed by atoms with van der Waals surface area (Å²) in [6.07, 6.45) is 2.98. The molecule has 3 aromatic rings. The molecule has 1 saturated heterocycles. The van der Waals surface area contributed by atoms with Crippen LogP contribution in [-0.4, -0.2) is 48.4 Å². The van der Waals surface area contributed by atoms with Gasteiger partial charge in [-0.15, -0.1) is 11.3 Å². The van der Waals surface area contributed by atoms with Crippen LogP contribution in [0.25, 0.3) is 21.9 Å². The predicted octanol–water partition coefficient (Wildman–Crippen LogP) is 1.84. The molecule has 3 aromatic heterocycles. The van der Waals surface area contributed by atoms with Gasteiger partial charge in [0.1, 0.15) is 12.1 Å². The second kappa shape index (κ2) is 8.02. The Balaban J connectivity index is 1.87. The number of imidazole rings is 1. The van der Waals surface area contributed by atoms with Crippen molar-refractivity contribution in [2.75, 3.05) is 6.54 Å². The number of likely N-dealkylation sites (tertiary alicyclic amines) is 1. The molecule has 158 valence electrons. The molecule has 4 heterocycles. The Hall–Kier alpha value is -3.01. The number of nitrogens with two attached hydrogens (primary N) is 1. The van der Waals surface area contributed by atoms with E-state index in [1.807, 2.05) is 31.4 Å². The lowest BCUT2D eigenvalue weighted by atomic mass is 10.0. The maximum Gasteiger partial charge on any atom is 0.330 e. The van der Waals surface area contributed by atoms with Crippen molar-refractivity contribution in [1.82, 2.24) is 24.0 Å². The second-order valence-electron chi connectivity index (χ2n) is 7.45. The highest BCUT2D eigenvalue weighted by molar-refractivity contribution is 7.13. The number of hydrogen-bond acceptors (Lipinski definition) is 6. The number of aryl methyl sites for hydroxylation is 1. The molecule has 1 aliphatic rings. The van der Waals surface area contributed by atoms with Gasteiger partial charge in [-0.2, -0.15) is 0 Å². The van der Waals surface area contributed by atoms with Crippen molar-refractivity contribution in [3.63, 3.8) is 0 Å². The van der Waals surface area contributed by atoms with Crippen LogP contribution in [0.5, 0.6) is 0 Å². The summed E-state index contributed by atoms with van der Waals surface area (Å²) in [4.78, 5) is 49.9. The fourth-order valence-corrected chi connectivity index (χ4v) is 4.68. The van der Waals surface area contributed by atoms with E-state index in [1.54, 1.807) is 4.90 Å². The number of amides is 2. The Kier molecular flexibility index (Phi) is 5.42. The molecule has 0 bridgehead atoms. The summed E-state index contributed by atoms with van der Waals surface area (Å²) in [5, 5.41) is 1.88. The van der Waals surface area contributed by atoms with E-state index in [0.29, 0.717) is 24.6 Å². The Bertz CT molecular complexity index is 1160. The van der Waals surface area contributed by atoms with Crippen LogP contribution >= 0.6 is 11.3 Å². The van der Waals surface area contributed by atoms with Gasteiger partial charge in [-0.05, 0) is 44.6 Å². The summed E-state index contributed by atoms with van der Waals surface area (Å²) < 4.78 is 2.74. The molecular formula is C20H24N6O3S. The fraction of sp³-hybridized carbons (Fsp3) is 0.450. The van der Waals surface area contributed by atoms with Crippen molar-refractivity contribution in [1.29, 1.82) is 0 Å². The minimum atomic E-state index is -0.763. The van der Waals surface area contributed by atoms with Crippen LogP contribution in [0.1, 0.15) is 43.6 Å². The van der Waals surface area contributed by atoms with E-state index >= 15 is 0 Å². The van der Waals surface area contributed by atoms with Crippen LogP contribution in [0.4, 0.5) is 0 Å². The van der Waals surface area contributed by atoms with E-state index in [-0.39, 0.29) is 29.7 Å². The van der Waals surface area contributed by atoms with E-state index < -0.39 is 11.6 Å². The number of hydrogen-bond donors (Lipinski definition) is 1. The Labute approximate surface area is 177 Å². The van der Waals surface area contributed by atoms with Crippen molar-refractivity contribution in [2.45, 2.75) is 52.2 Å². The summed E-state index contributed by atoms with van der Waals surface area (Å²) in [6, 6.07) is 3.82.